The van der Waals surface area contributed by atoms with Gasteiger partial charge >= 0.3 is 13.6 Å². The number of carboxylic acid groups (broad SMARTS) is 1. The summed E-state index contributed by atoms with van der Waals surface area (Å²) in [6.07, 6.45) is -12.8. The first-order valence-electron chi connectivity index (χ1n) is 39.4. The van der Waals surface area contributed by atoms with Crippen molar-refractivity contribution in [3.63, 3.8) is 0 Å². The summed E-state index contributed by atoms with van der Waals surface area (Å²) in [6.45, 7) is 7.00. The van der Waals surface area contributed by atoms with Crippen molar-refractivity contribution in [2.45, 2.75) is 214 Å². The van der Waals surface area contributed by atoms with E-state index in [4.69, 9.17) is 57.4 Å². The van der Waals surface area contributed by atoms with Gasteiger partial charge < -0.3 is 153 Å². The first-order valence-corrected chi connectivity index (χ1v) is 42.0. The number of halogens is 2. The number of carbonyl (C=O) groups is 8. The third kappa shape index (κ3) is 23.0. The highest BCUT2D eigenvalue weighted by molar-refractivity contribution is 7.51. The largest absolute Gasteiger partial charge is 0.507 e. The zero-order chi connectivity index (χ0) is 88.2. The summed E-state index contributed by atoms with van der Waals surface area (Å²) in [5.74, 6) is -17.4. The zero-order valence-electron chi connectivity index (χ0n) is 66.6. The predicted molar refractivity (Wildman–Crippen MR) is 429 cm³/mol. The maximum absolute atomic E-state index is 16.3. The smallest absolute Gasteiger partial charge is 0.339 e. The number of aromatic hydroxyl groups is 3. The number of likely N-dealkylation sites (N-methyl/N-ethyl adjacent to an activating group) is 1. The maximum atomic E-state index is 16.3. The summed E-state index contributed by atoms with van der Waals surface area (Å²) < 4.78 is 50.0. The summed E-state index contributed by atoms with van der Waals surface area (Å²) in [5.41, 5.74) is 0.218. The summed E-state index contributed by atoms with van der Waals surface area (Å²) in [4.78, 5) is 138. The van der Waals surface area contributed by atoms with Gasteiger partial charge in [-0.05, 0) is 116 Å². The lowest BCUT2D eigenvalue weighted by molar-refractivity contribution is -0.350. The monoisotopic (exact) mass is 1760 g/mol. The van der Waals surface area contributed by atoms with Crippen molar-refractivity contribution in [3.05, 3.63) is 116 Å². The fourth-order valence-corrected chi connectivity index (χ4v) is 15.7. The van der Waals surface area contributed by atoms with Crippen LogP contribution in [0.3, 0.4) is 0 Å². The van der Waals surface area contributed by atoms with Gasteiger partial charge in [-0.15, -0.1) is 0 Å². The molecule has 7 aliphatic rings. The van der Waals surface area contributed by atoms with Crippen LogP contribution in [0.25, 0.3) is 11.1 Å². The van der Waals surface area contributed by atoms with Crippen molar-refractivity contribution >= 4 is 78.1 Å². The second-order valence-electron chi connectivity index (χ2n) is 31.0. The lowest BCUT2D eigenvalue weighted by Crippen LogP contribution is -2.66. The molecule has 0 aromatic heterocycles. The molecule has 7 aliphatic heterocycles. The van der Waals surface area contributed by atoms with Gasteiger partial charge in [0.05, 0.1) is 46.5 Å². The van der Waals surface area contributed by atoms with Gasteiger partial charge in [-0.3, -0.25) is 38.1 Å². The minimum absolute atomic E-state index is 0.129. The highest BCUT2D eigenvalue weighted by Crippen LogP contribution is 2.51. The zero-order valence-corrected chi connectivity index (χ0v) is 69.0. The minimum Gasteiger partial charge on any atom is -0.507 e. The number of phenols is 3. The van der Waals surface area contributed by atoms with Gasteiger partial charge in [-0.1, -0.05) is 107 Å². The van der Waals surface area contributed by atoms with Crippen LogP contribution in [0.1, 0.15) is 162 Å². The van der Waals surface area contributed by atoms with E-state index in [-0.39, 0.29) is 36.4 Å². The number of unbranched alkanes of at least 4 members (excludes halogenated alkanes) is 7. The number of hydrogen-bond acceptors (Lipinski definition) is 29. The molecule has 12 rings (SSSR count). The van der Waals surface area contributed by atoms with Crippen LogP contribution in [0.5, 0.6) is 46.0 Å². The number of rotatable bonds is 30. The Labute approximate surface area is 704 Å². The summed E-state index contributed by atoms with van der Waals surface area (Å²) in [7, 11) is -3.39. The van der Waals surface area contributed by atoms with E-state index in [2.05, 4.69) is 60.1 Å². The Bertz CT molecular complexity index is 4650. The van der Waals surface area contributed by atoms with Gasteiger partial charge in [0.2, 0.25) is 53.4 Å². The van der Waals surface area contributed by atoms with Crippen molar-refractivity contribution in [2.24, 2.45) is 11.7 Å². The number of aliphatic hydroxyl groups excluding tert-OH is 7. The molecular weight excluding hydrogens is 1650 g/mol. The predicted octanol–water partition coefficient (Wildman–Crippen LogP) is 1.62. The number of benzene rings is 5. The van der Waals surface area contributed by atoms with Crippen LogP contribution in [0.2, 0.25) is 10.0 Å². The van der Waals surface area contributed by atoms with Crippen molar-refractivity contribution in [1.82, 2.24) is 53.2 Å². The average molecular weight is 1760 g/mol. The van der Waals surface area contributed by atoms with Gasteiger partial charge in [-0.2, -0.15) is 0 Å². The molecule has 11 bridgehead atoms. The molecule has 121 heavy (non-hydrogen) atoms. The number of amides is 7. The van der Waals surface area contributed by atoms with E-state index in [9.17, 15) is 89.7 Å². The fourth-order valence-electron chi connectivity index (χ4n) is 14.9. The second kappa shape index (κ2) is 41.3. The summed E-state index contributed by atoms with van der Waals surface area (Å²) in [6, 6.07) is -2.73. The van der Waals surface area contributed by atoms with Crippen LogP contribution in [-0.2, 0) is 63.7 Å². The van der Waals surface area contributed by atoms with Gasteiger partial charge in [0.15, 0.2) is 30.1 Å². The van der Waals surface area contributed by atoms with Gasteiger partial charge in [-0.25, -0.2) is 4.79 Å². The summed E-state index contributed by atoms with van der Waals surface area (Å²) in [5, 5.41) is 155. The molecule has 39 nitrogen and oxygen atoms in total. The minimum atomic E-state index is -4.85. The Hall–Kier alpha value is -9.17. The Morgan fingerprint density at radius 3 is 1.90 bits per heavy atom. The lowest BCUT2D eigenvalue weighted by Gasteiger charge is -2.47. The highest BCUT2D eigenvalue weighted by atomic mass is 35.5. The van der Waals surface area contributed by atoms with Gasteiger partial charge in [0, 0.05) is 42.7 Å². The molecule has 662 valence electrons. The molecule has 18 atom stereocenters. The molecule has 25 N–H and O–H groups in total. The standard InChI is InChI=1S/C79H104Cl2N11O28P/c1-6-7-8-9-10-11-12-13-20-84-21-22-86-79(4)31-55(119-77(111)69(79)102)118-68-65(100)53(33-93)117-78(66(68)101)120-67-51-27-39-28-52(67)116-50-19-16-38(26-44(50)81)63(98)61-75(108)90-59(76(109)110)41-29-48(95)42(32-85-34-121(112,113)114)64(99)56(41)40-24-36(14-17-47(40)94)57(72(105)92-61)89-73(106)58(39)88-71(104)46(30-54(82)96)87-74(107)60(91-70(103)45(83-5)23-35(2)3)62(97)37-15-18-49(115-51)43(80)25-37/h14-19,24-29,35,45-46,53,55,57-63,65-66,68-69,77-78,83-86,93-95,97-102,111H,6-13,20-23,30-34H2,1-5H3,(H2,82,96)(H,87,107)(H,88,104)(H,89,106)(H,90,108)(H,91,103)(H,92,105)(H,109,110)(H2,112,113,114)/t45-,46+,53-,55?,57-,58-,59+,60-,61+,62-,63-,65+,66+,68-,69?,77?,78-,79+/m1/s1. The molecule has 0 spiro atoms. The van der Waals surface area contributed by atoms with Crippen LogP contribution in [0, 0.1) is 5.92 Å². The number of nitrogens with one attached hydrogen (secondary N) is 10. The van der Waals surface area contributed by atoms with Gasteiger partial charge in [0.1, 0.15) is 102 Å². The molecule has 0 radical (unpaired) electrons. The van der Waals surface area contributed by atoms with E-state index in [0.29, 0.717) is 6.54 Å². The second-order valence-corrected chi connectivity index (χ2v) is 33.4. The molecule has 2 fully saturated rings. The molecule has 3 unspecified atom stereocenters. The Morgan fingerprint density at radius 2 is 1.30 bits per heavy atom. The quantitative estimate of drug-likeness (QED) is 0.0229. The van der Waals surface area contributed by atoms with Crippen LogP contribution in [-0.4, -0.2) is 232 Å². The molecule has 5 aromatic rings. The number of hydrogen-bond donors (Lipinski definition) is 24. The molecule has 0 aliphatic carbocycles. The summed E-state index contributed by atoms with van der Waals surface area (Å²) >= 11 is 14.2. The molecule has 0 saturated carbocycles. The van der Waals surface area contributed by atoms with Crippen LogP contribution in [0.15, 0.2) is 72.8 Å². The van der Waals surface area contributed by atoms with Crippen molar-refractivity contribution < 1.29 is 137 Å². The number of aliphatic carboxylic acids is 1. The van der Waals surface area contributed by atoms with Crippen molar-refractivity contribution in [3.8, 4) is 57.1 Å². The molecular formula is C79H104Cl2N11O28P. The molecule has 42 heteroatoms. The lowest BCUT2D eigenvalue weighted by atomic mass is 9.87. The normalized spacial score (nSPS) is 26.7. The third-order valence-electron chi connectivity index (χ3n) is 21.4. The number of carbonyl (C=O) groups excluding carboxylic acids is 7. The van der Waals surface area contributed by atoms with E-state index in [1.807, 2.05) is 0 Å². The number of ether oxygens (including phenoxy) is 6. The first kappa shape index (κ1) is 94.1. The number of carboxylic acids is 1. The van der Waals surface area contributed by atoms with Crippen molar-refractivity contribution in [2.75, 3.05) is 39.6 Å². The van der Waals surface area contributed by atoms with E-state index < -0.39 is 280 Å². The van der Waals surface area contributed by atoms with E-state index in [1.165, 1.54) is 32.4 Å². The maximum Gasteiger partial charge on any atom is 0.339 e. The average Bonchev–Trinajstić information content (AvgIpc) is 0.756. The van der Waals surface area contributed by atoms with Crippen LogP contribution in [0.4, 0.5) is 0 Å². The van der Waals surface area contributed by atoms with Gasteiger partial charge in [0.25, 0.3) is 0 Å². The number of primary amides is 1. The number of fused-ring (bicyclic) bond motifs is 15. The number of aliphatic hydroxyl groups is 7. The Morgan fingerprint density at radius 1 is 0.686 bits per heavy atom. The Kier molecular flexibility index (Phi) is 32.1. The van der Waals surface area contributed by atoms with Crippen LogP contribution >= 0.6 is 30.8 Å². The Balaban J connectivity index is 1.15. The van der Waals surface area contributed by atoms with E-state index in [0.717, 1.165) is 105 Å². The van der Waals surface area contributed by atoms with Crippen LogP contribution < -0.4 is 73.1 Å². The first-order chi connectivity index (χ1) is 57.3. The topological polar surface area (TPSA) is 618 Å². The SMILES string of the molecule is CCCCCCCCCCNCCN[C@@]1(C)CC(O[C@H]2[C@H](O)[C@@H](Oc3c4cc5cc3Oc3ccc(cc3Cl)[C@@H](O)[C@@H](NC(=O)[C@@H](CC(C)C)NC)C(=O)N[C@@H](CC(N)=O)C(=O)N[C@H]5C(=O)N[C@H]3C(=O)N[C@H](C(=O)N[C@H](C(=O)O)c5cc(O)c(CNCP(=O)(O)O)c(O)c5-c5cc3ccc5O)[C@H](O)c3ccc(c(Cl)c3)O4)O[C@H](CO)[C@@H]2O)OC(O)C1O. The molecule has 7 heterocycles. The fraction of sp³-hybridized carbons (Fsp3) is 0.519. The highest BCUT2D eigenvalue weighted by Gasteiger charge is 2.53. The number of nitrogens with two attached hydrogens (primary N) is 1. The molecule has 2 saturated heterocycles. The third-order valence-corrected chi connectivity index (χ3v) is 22.6. The number of phenolic OH excluding ortho intramolecular Hbond substituents is 3. The molecule has 7 amide bonds. The van der Waals surface area contributed by atoms with E-state index in [1.54, 1.807) is 20.8 Å². The van der Waals surface area contributed by atoms with E-state index >= 15 is 19.2 Å². The van der Waals surface area contributed by atoms with Crippen molar-refractivity contribution in [1.29, 1.82) is 0 Å². The molecule has 5 aromatic carbocycles.